The standard InChI is InChI=1S/C20H25NO8/c1-23-7-8-24-13-25-17-15-12-28-21-18(15)20(26-9-10-27-20)11-16(17)29-19(22)14-5-3-2-4-6-14/h2-6,15-17H,7-13H2,1H3/t15-,16-,17+/m0/s1. The number of esters is 1. The van der Waals surface area contributed by atoms with Gasteiger partial charge in [-0.3, -0.25) is 0 Å². The van der Waals surface area contributed by atoms with Gasteiger partial charge in [-0.2, -0.15) is 0 Å². The van der Waals surface area contributed by atoms with Crippen molar-refractivity contribution in [1.29, 1.82) is 0 Å². The second-order valence-corrected chi connectivity index (χ2v) is 6.99. The largest absolute Gasteiger partial charge is 0.456 e. The minimum Gasteiger partial charge on any atom is -0.456 e. The van der Waals surface area contributed by atoms with E-state index in [2.05, 4.69) is 5.16 Å². The van der Waals surface area contributed by atoms with E-state index in [0.717, 1.165) is 0 Å². The van der Waals surface area contributed by atoms with Gasteiger partial charge in [-0.05, 0) is 12.1 Å². The van der Waals surface area contributed by atoms with Gasteiger partial charge in [0.25, 0.3) is 0 Å². The van der Waals surface area contributed by atoms with Gasteiger partial charge in [0, 0.05) is 13.5 Å². The highest BCUT2D eigenvalue weighted by Gasteiger charge is 2.59. The summed E-state index contributed by atoms with van der Waals surface area (Å²) in [5.41, 5.74) is 1.11. The quantitative estimate of drug-likeness (QED) is 0.362. The van der Waals surface area contributed by atoms with E-state index in [1.165, 1.54) is 0 Å². The molecule has 0 amide bonds. The molecule has 2 heterocycles. The number of hydrogen-bond acceptors (Lipinski definition) is 9. The summed E-state index contributed by atoms with van der Waals surface area (Å²) in [6.07, 6.45) is -0.838. The van der Waals surface area contributed by atoms with Crippen LogP contribution in [0.25, 0.3) is 0 Å². The van der Waals surface area contributed by atoms with Crippen LogP contribution >= 0.6 is 0 Å². The Morgan fingerprint density at radius 2 is 2.00 bits per heavy atom. The van der Waals surface area contributed by atoms with Gasteiger partial charge in [0.2, 0.25) is 5.79 Å². The topological polar surface area (TPSA) is 94.0 Å². The maximum Gasteiger partial charge on any atom is 0.338 e. The van der Waals surface area contributed by atoms with Gasteiger partial charge < -0.3 is 33.3 Å². The monoisotopic (exact) mass is 407 g/mol. The SMILES string of the molecule is COCCOCO[C@H]1[C@@H](OC(=O)c2ccccc2)CC2(OCCO2)C2=NOC[C@H]21. The molecule has 1 saturated carbocycles. The summed E-state index contributed by atoms with van der Waals surface area (Å²) in [6.45, 7) is 2.08. The molecule has 1 saturated heterocycles. The Morgan fingerprint density at radius 1 is 1.21 bits per heavy atom. The molecule has 29 heavy (non-hydrogen) atoms. The van der Waals surface area contributed by atoms with E-state index in [4.69, 9.17) is 33.3 Å². The number of methoxy groups -OCH3 is 1. The molecule has 9 nitrogen and oxygen atoms in total. The Morgan fingerprint density at radius 3 is 2.76 bits per heavy atom. The number of ether oxygens (including phenoxy) is 6. The lowest BCUT2D eigenvalue weighted by molar-refractivity contribution is -0.191. The van der Waals surface area contributed by atoms with Crippen LogP contribution in [0.1, 0.15) is 16.8 Å². The summed E-state index contributed by atoms with van der Waals surface area (Å²) in [4.78, 5) is 18.0. The highest BCUT2D eigenvalue weighted by Crippen LogP contribution is 2.42. The third-order valence-electron chi connectivity index (χ3n) is 5.19. The Kier molecular flexibility index (Phi) is 6.41. The third-order valence-corrected chi connectivity index (χ3v) is 5.19. The molecule has 0 unspecified atom stereocenters. The zero-order chi connectivity index (χ0) is 20.1. The summed E-state index contributed by atoms with van der Waals surface area (Å²) < 4.78 is 34.0. The van der Waals surface area contributed by atoms with Crippen LogP contribution < -0.4 is 0 Å². The van der Waals surface area contributed by atoms with Crippen molar-refractivity contribution in [3.8, 4) is 0 Å². The lowest BCUT2D eigenvalue weighted by Crippen LogP contribution is -2.59. The Hall–Kier alpha value is -2.04. The van der Waals surface area contributed by atoms with Gasteiger partial charge in [0.1, 0.15) is 31.3 Å². The molecule has 0 radical (unpaired) electrons. The maximum atomic E-state index is 12.7. The van der Waals surface area contributed by atoms with Crippen molar-refractivity contribution < 1.29 is 38.1 Å². The molecule has 9 heteroatoms. The van der Waals surface area contributed by atoms with E-state index in [1.54, 1.807) is 31.4 Å². The Balaban J connectivity index is 1.51. The summed E-state index contributed by atoms with van der Waals surface area (Å²) in [6, 6.07) is 8.83. The van der Waals surface area contributed by atoms with E-state index in [-0.39, 0.29) is 19.1 Å². The number of rotatable bonds is 8. The van der Waals surface area contributed by atoms with E-state index >= 15 is 0 Å². The lowest BCUT2D eigenvalue weighted by atomic mass is 9.79. The minimum atomic E-state index is -1.04. The van der Waals surface area contributed by atoms with Crippen LogP contribution in [-0.4, -0.2) is 76.6 Å². The van der Waals surface area contributed by atoms with Crippen LogP contribution in [0.4, 0.5) is 0 Å². The fourth-order valence-corrected chi connectivity index (χ4v) is 3.84. The summed E-state index contributed by atoms with van der Waals surface area (Å²) >= 11 is 0. The molecular formula is C20H25NO8. The van der Waals surface area contributed by atoms with Crippen LogP contribution in [-0.2, 0) is 33.3 Å². The van der Waals surface area contributed by atoms with Gasteiger partial charge in [-0.25, -0.2) is 4.79 Å². The molecule has 2 aliphatic heterocycles. The number of fused-ring (bicyclic) bond motifs is 2. The molecule has 1 aromatic rings. The predicted molar refractivity (Wildman–Crippen MR) is 99.3 cm³/mol. The molecule has 1 aliphatic carbocycles. The first-order valence-electron chi connectivity index (χ1n) is 9.66. The molecule has 3 aliphatic rings. The molecule has 0 aromatic heterocycles. The van der Waals surface area contributed by atoms with E-state index < -0.39 is 24.0 Å². The molecule has 158 valence electrons. The van der Waals surface area contributed by atoms with Crippen LogP contribution in [0.2, 0.25) is 0 Å². The van der Waals surface area contributed by atoms with Crippen molar-refractivity contribution >= 4 is 11.7 Å². The normalized spacial score (nSPS) is 27.3. The number of hydrogen-bond donors (Lipinski definition) is 0. The smallest absolute Gasteiger partial charge is 0.338 e. The van der Waals surface area contributed by atoms with Crippen LogP contribution in [0.5, 0.6) is 0 Å². The van der Waals surface area contributed by atoms with Gasteiger partial charge in [-0.15, -0.1) is 0 Å². The zero-order valence-corrected chi connectivity index (χ0v) is 16.3. The molecule has 0 N–H and O–H groups in total. The van der Waals surface area contributed by atoms with Crippen molar-refractivity contribution in [3.05, 3.63) is 35.9 Å². The molecule has 0 bridgehead atoms. The van der Waals surface area contributed by atoms with Crippen LogP contribution in [0, 0.1) is 5.92 Å². The maximum absolute atomic E-state index is 12.7. The van der Waals surface area contributed by atoms with Crippen molar-refractivity contribution in [2.24, 2.45) is 11.1 Å². The number of carbonyl (C=O) groups is 1. The predicted octanol–water partition coefficient (Wildman–Crippen LogP) is 1.37. The van der Waals surface area contributed by atoms with E-state index in [1.807, 2.05) is 6.07 Å². The number of oxime groups is 1. The second-order valence-electron chi connectivity index (χ2n) is 6.99. The van der Waals surface area contributed by atoms with Crippen molar-refractivity contribution in [1.82, 2.24) is 0 Å². The summed E-state index contributed by atoms with van der Waals surface area (Å²) in [5.74, 6) is -1.74. The van der Waals surface area contributed by atoms with Crippen molar-refractivity contribution in [2.75, 3.05) is 46.9 Å². The summed E-state index contributed by atoms with van der Waals surface area (Å²) in [7, 11) is 1.60. The number of benzene rings is 1. The first-order valence-corrected chi connectivity index (χ1v) is 9.66. The van der Waals surface area contributed by atoms with Gasteiger partial charge in [-0.1, -0.05) is 23.4 Å². The molecule has 1 aromatic carbocycles. The molecule has 4 rings (SSSR count). The average Bonchev–Trinajstić information content (AvgIpc) is 3.41. The molecule has 3 atom stereocenters. The first kappa shape index (κ1) is 20.2. The van der Waals surface area contributed by atoms with Gasteiger partial charge >= 0.3 is 5.97 Å². The van der Waals surface area contributed by atoms with Gasteiger partial charge in [0.15, 0.2) is 0 Å². The van der Waals surface area contributed by atoms with Crippen LogP contribution in [0.15, 0.2) is 35.5 Å². The van der Waals surface area contributed by atoms with Crippen LogP contribution in [0.3, 0.4) is 0 Å². The third kappa shape index (κ3) is 4.29. The fourth-order valence-electron chi connectivity index (χ4n) is 3.84. The average molecular weight is 407 g/mol. The van der Waals surface area contributed by atoms with Crippen molar-refractivity contribution in [2.45, 2.75) is 24.4 Å². The molecule has 2 fully saturated rings. The molecular weight excluding hydrogens is 382 g/mol. The van der Waals surface area contributed by atoms with E-state index in [0.29, 0.717) is 44.3 Å². The molecule has 1 spiro atoms. The van der Waals surface area contributed by atoms with E-state index in [9.17, 15) is 4.79 Å². The summed E-state index contributed by atoms with van der Waals surface area (Å²) in [5, 5.41) is 4.16. The zero-order valence-electron chi connectivity index (χ0n) is 16.3. The number of nitrogens with zero attached hydrogens (tertiary/aromatic N) is 1. The fraction of sp³-hybridized carbons (Fsp3) is 0.600. The first-order chi connectivity index (χ1) is 14.2. The highest BCUT2D eigenvalue weighted by atomic mass is 16.7. The van der Waals surface area contributed by atoms with Crippen molar-refractivity contribution in [3.63, 3.8) is 0 Å². The Bertz CT molecular complexity index is 718. The minimum absolute atomic E-state index is 0.0336. The second kappa shape index (κ2) is 9.19. The Labute approximate surface area is 168 Å². The highest BCUT2D eigenvalue weighted by molar-refractivity contribution is 5.96. The van der Waals surface area contributed by atoms with Gasteiger partial charge in [0.05, 0.1) is 37.9 Å². The number of carbonyl (C=O) groups excluding carboxylic acids is 1. The lowest BCUT2D eigenvalue weighted by Gasteiger charge is -2.42.